The van der Waals surface area contributed by atoms with Gasteiger partial charge in [0.25, 0.3) is 5.91 Å². The van der Waals surface area contributed by atoms with E-state index in [1.54, 1.807) is 43.6 Å². The van der Waals surface area contributed by atoms with Gasteiger partial charge in [0, 0.05) is 44.3 Å². The van der Waals surface area contributed by atoms with Gasteiger partial charge in [-0.1, -0.05) is 12.1 Å². The van der Waals surface area contributed by atoms with Crippen LogP contribution in [0.4, 0.5) is 22.0 Å². The molecule has 0 saturated carbocycles. The average Bonchev–Trinajstić information content (AvgIpc) is 2.75. The first kappa shape index (κ1) is 18.7. The van der Waals surface area contributed by atoms with Crippen molar-refractivity contribution in [3.8, 4) is 0 Å². The first-order chi connectivity index (χ1) is 14.1. The number of para-hydroxylation sites is 1. The van der Waals surface area contributed by atoms with Crippen molar-refractivity contribution in [2.75, 3.05) is 41.3 Å². The summed E-state index contributed by atoms with van der Waals surface area (Å²) >= 11 is 0. The van der Waals surface area contributed by atoms with Gasteiger partial charge in [-0.25, -0.2) is 24.3 Å². The van der Waals surface area contributed by atoms with E-state index in [-0.39, 0.29) is 11.4 Å². The van der Waals surface area contributed by atoms with Crippen LogP contribution in [0.15, 0.2) is 48.8 Å². The predicted molar refractivity (Wildman–Crippen MR) is 108 cm³/mol. The maximum atomic E-state index is 13.8. The van der Waals surface area contributed by atoms with Crippen LogP contribution in [-0.4, -0.2) is 52.0 Å². The molecule has 1 fully saturated rings. The number of hydrogen-bond acceptors (Lipinski definition) is 7. The Hall–Kier alpha value is -3.62. The molecule has 1 aliphatic heterocycles. The van der Waals surface area contributed by atoms with Gasteiger partial charge in [-0.2, -0.15) is 0 Å². The van der Waals surface area contributed by atoms with Crippen LogP contribution in [0, 0.1) is 12.7 Å². The van der Waals surface area contributed by atoms with Crippen LogP contribution < -0.4 is 15.1 Å². The molecule has 0 radical (unpaired) electrons. The van der Waals surface area contributed by atoms with E-state index in [9.17, 15) is 9.18 Å². The zero-order chi connectivity index (χ0) is 20.2. The molecule has 29 heavy (non-hydrogen) atoms. The number of carbonyl (C=O) groups excluding carboxylic acids is 1. The highest BCUT2D eigenvalue weighted by Gasteiger charge is 2.22. The van der Waals surface area contributed by atoms with Gasteiger partial charge >= 0.3 is 0 Å². The van der Waals surface area contributed by atoms with Crippen LogP contribution in [0.1, 0.15) is 16.2 Å². The number of carbonyl (C=O) groups is 1. The van der Waals surface area contributed by atoms with Crippen LogP contribution in [0.3, 0.4) is 0 Å². The first-order valence-electron chi connectivity index (χ1n) is 9.28. The van der Waals surface area contributed by atoms with E-state index < -0.39 is 11.7 Å². The minimum absolute atomic E-state index is 0.117. The number of rotatable bonds is 4. The molecule has 4 rings (SSSR count). The zero-order valence-corrected chi connectivity index (χ0v) is 15.9. The molecule has 8 nitrogen and oxygen atoms in total. The zero-order valence-electron chi connectivity index (χ0n) is 15.9. The summed E-state index contributed by atoms with van der Waals surface area (Å²) in [6.45, 7) is 4.60. The third kappa shape index (κ3) is 4.29. The van der Waals surface area contributed by atoms with Gasteiger partial charge in [0.2, 0.25) is 11.9 Å². The standard InChI is InChI=1S/C20H20FN7O/c1-14-13-17(18(29)25-16-6-3-2-5-15(16)21)26-20(24-14)28-11-9-27(10-12-28)19-22-7-4-8-23-19/h2-8,13H,9-12H2,1H3,(H,25,29). The summed E-state index contributed by atoms with van der Waals surface area (Å²) in [6, 6.07) is 9.40. The van der Waals surface area contributed by atoms with Crippen molar-refractivity contribution in [1.29, 1.82) is 0 Å². The SMILES string of the molecule is Cc1cc(C(=O)Nc2ccccc2F)nc(N2CCN(c3ncccn3)CC2)n1. The Balaban J connectivity index is 1.47. The van der Waals surface area contributed by atoms with Crippen LogP contribution in [0.5, 0.6) is 0 Å². The summed E-state index contributed by atoms with van der Waals surface area (Å²) in [6.07, 6.45) is 3.44. The Morgan fingerprint density at radius 1 is 0.966 bits per heavy atom. The second kappa shape index (κ2) is 8.17. The van der Waals surface area contributed by atoms with E-state index in [1.807, 2.05) is 4.90 Å². The highest BCUT2D eigenvalue weighted by Crippen LogP contribution is 2.17. The van der Waals surface area contributed by atoms with E-state index in [0.29, 0.717) is 30.7 Å². The fourth-order valence-electron chi connectivity index (χ4n) is 3.12. The molecule has 3 heterocycles. The summed E-state index contributed by atoms with van der Waals surface area (Å²) in [5.41, 5.74) is 0.985. The molecule has 1 saturated heterocycles. The Morgan fingerprint density at radius 2 is 1.62 bits per heavy atom. The number of nitrogens with zero attached hydrogens (tertiary/aromatic N) is 6. The molecule has 0 spiro atoms. The molecule has 148 valence electrons. The van der Waals surface area contributed by atoms with Crippen molar-refractivity contribution < 1.29 is 9.18 Å². The summed E-state index contributed by atoms with van der Waals surface area (Å²) in [5.74, 6) is 0.212. The highest BCUT2D eigenvalue weighted by molar-refractivity contribution is 6.03. The lowest BCUT2D eigenvalue weighted by atomic mass is 10.2. The Labute approximate surface area is 167 Å². The summed E-state index contributed by atoms with van der Waals surface area (Å²) < 4.78 is 13.8. The minimum atomic E-state index is -0.494. The maximum absolute atomic E-state index is 13.8. The minimum Gasteiger partial charge on any atom is -0.337 e. The lowest BCUT2D eigenvalue weighted by Crippen LogP contribution is -2.47. The summed E-state index contributed by atoms with van der Waals surface area (Å²) in [4.78, 5) is 34.1. The second-order valence-corrected chi connectivity index (χ2v) is 6.65. The quantitative estimate of drug-likeness (QED) is 0.728. The van der Waals surface area contributed by atoms with E-state index in [4.69, 9.17) is 0 Å². The first-order valence-corrected chi connectivity index (χ1v) is 9.28. The van der Waals surface area contributed by atoms with Gasteiger partial charge in [-0.3, -0.25) is 4.79 Å². The van der Waals surface area contributed by atoms with E-state index in [2.05, 4.69) is 30.2 Å². The number of aryl methyl sites for hydroxylation is 1. The Morgan fingerprint density at radius 3 is 2.31 bits per heavy atom. The van der Waals surface area contributed by atoms with Crippen molar-refractivity contribution >= 4 is 23.5 Å². The molecule has 9 heteroatoms. The second-order valence-electron chi connectivity index (χ2n) is 6.65. The number of benzene rings is 1. The normalized spacial score (nSPS) is 14.0. The molecule has 1 amide bonds. The van der Waals surface area contributed by atoms with Gasteiger partial charge in [-0.15, -0.1) is 0 Å². The van der Waals surface area contributed by atoms with Gasteiger partial charge < -0.3 is 15.1 Å². The highest BCUT2D eigenvalue weighted by atomic mass is 19.1. The molecule has 1 aromatic carbocycles. The molecule has 0 atom stereocenters. The fourth-order valence-corrected chi connectivity index (χ4v) is 3.12. The molecule has 1 aliphatic rings. The molecular weight excluding hydrogens is 373 g/mol. The van der Waals surface area contributed by atoms with Crippen LogP contribution in [0.25, 0.3) is 0 Å². The van der Waals surface area contributed by atoms with E-state index >= 15 is 0 Å². The summed E-state index contributed by atoms with van der Waals surface area (Å²) in [7, 11) is 0. The predicted octanol–water partition coefficient (Wildman–Crippen LogP) is 2.29. The smallest absolute Gasteiger partial charge is 0.274 e. The maximum Gasteiger partial charge on any atom is 0.274 e. The third-order valence-corrected chi connectivity index (χ3v) is 4.59. The summed E-state index contributed by atoms with van der Waals surface area (Å²) in [5, 5.41) is 2.56. The molecule has 0 aliphatic carbocycles. The Kier molecular flexibility index (Phi) is 5.28. The van der Waals surface area contributed by atoms with Crippen LogP contribution >= 0.6 is 0 Å². The van der Waals surface area contributed by atoms with Crippen molar-refractivity contribution in [3.05, 3.63) is 66.0 Å². The molecule has 2 aromatic heterocycles. The molecule has 0 bridgehead atoms. The topological polar surface area (TPSA) is 87.1 Å². The van der Waals surface area contributed by atoms with Gasteiger partial charge in [0.1, 0.15) is 11.5 Å². The lowest BCUT2D eigenvalue weighted by Gasteiger charge is -2.34. The Bertz CT molecular complexity index is 1010. The molecule has 1 N–H and O–H groups in total. The number of piperazine rings is 1. The number of nitrogens with one attached hydrogen (secondary N) is 1. The van der Waals surface area contributed by atoms with Crippen molar-refractivity contribution in [2.24, 2.45) is 0 Å². The number of halogens is 1. The fraction of sp³-hybridized carbons (Fsp3) is 0.250. The number of amides is 1. The van der Waals surface area contributed by atoms with E-state index in [1.165, 1.54) is 12.1 Å². The third-order valence-electron chi connectivity index (χ3n) is 4.59. The molecule has 0 unspecified atom stereocenters. The van der Waals surface area contributed by atoms with Gasteiger partial charge in [-0.05, 0) is 31.2 Å². The van der Waals surface area contributed by atoms with Gasteiger partial charge in [0.05, 0.1) is 5.69 Å². The van der Waals surface area contributed by atoms with Crippen molar-refractivity contribution in [3.63, 3.8) is 0 Å². The van der Waals surface area contributed by atoms with Gasteiger partial charge in [0.15, 0.2) is 0 Å². The number of aromatic nitrogens is 4. The molecule has 3 aromatic rings. The van der Waals surface area contributed by atoms with Crippen molar-refractivity contribution in [1.82, 2.24) is 19.9 Å². The molecular formula is C20H20FN7O. The number of anilines is 3. The van der Waals surface area contributed by atoms with Crippen LogP contribution in [0.2, 0.25) is 0 Å². The lowest BCUT2D eigenvalue weighted by molar-refractivity contribution is 0.102. The number of hydrogen-bond donors (Lipinski definition) is 1. The monoisotopic (exact) mass is 393 g/mol. The van der Waals surface area contributed by atoms with E-state index in [0.717, 1.165) is 13.1 Å². The average molecular weight is 393 g/mol. The largest absolute Gasteiger partial charge is 0.337 e. The van der Waals surface area contributed by atoms with Crippen LogP contribution in [-0.2, 0) is 0 Å². The van der Waals surface area contributed by atoms with Crippen molar-refractivity contribution in [2.45, 2.75) is 6.92 Å².